The van der Waals surface area contributed by atoms with Crippen molar-refractivity contribution in [1.82, 2.24) is 0 Å². The van der Waals surface area contributed by atoms with E-state index in [1.807, 2.05) is 0 Å². The second-order valence-corrected chi connectivity index (χ2v) is 8.32. The van der Waals surface area contributed by atoms with Gasteiger partial charge in [-0.15, -0.1) is 13.2 Å². The molecule has 10 heteroatoms. The fraction of sp³-hybridized carbons (Fsp3) is 0.458. The number of esters is 1. The molecule has 0 amide bonds. The maximum atomic E-state index is 13.7. The van der Waals surface area contributed by atoms with Gasteiger partial charge in [-0.25, -0.2) is 9.18 Å². The van der Waals surface area contributed by atoms with Crippen LogP contribution in [0, 0.1) is 11.2 Å². The summed E-state index contributed by atoms with van der Waals surface area (Å²) in [5.74, 6) is -2.79. The number of ether oxygens (including phenoxy) is 5. The fourth-order valence-corrected chi connectivity index (χ4v) is 3.13. The van der Waals surface area contributed by atoms with Gasteiger partial charge in [-0.05, 0) is 55.7 Å². The molecule has 0 aliphatic carbocycles. The van der Waals surface area contributed by atoms with Crippen molar-refractivity contribution in [1.29, 1.82) is 0 Å². The predicted octanol–water partition coefficient (Wildman–Crippen LogP) is 5.55. The summed E-state index contributed by atoms with van der Waals surface area (Å²) in [6.07, 6.45) is -2.27. The zero-order chi connectivity index (χ0) is 24.6. The lowest BCUT2D eigenvalue weighted by atomic mass is 9.90. The zero-order valence-corrected chi connectivity index (χ0v) is 18.7. The number of alkyl halides is 3. The average molecular weight is 486 g/mol. The highest BCUT2D eigenvalue weighted by atomic mass is 19.4. The third kappa shape index (κ3) is 8.18. The summed E-state index contributed by atoms with van der Waals surface area (Å²) in [5, 5.41) is 0. The van der Waals surface area contributed by atoms with Gasteiger partial charge in [0.05, 0.1) is 32.0 Å². The van der Waals surface area contributed by atoms with Crippen molar-refractivity contribution < 1.29 is 46.0 Å². The molecule has 2 aromatic carbocycles. The lowest BCUT2D eigenvalue weighted by Crippen LogP contribution is -2.43. The molecule has 2 aromatic rings. The van der Waals surface area contributed by atoms with E-state index in [1.165, 1.54) is 12.1 Å². The Bertz CT molecular complexity index is 941. The number of hydrogen-bond donors (Lipinski definition) is 0. The van der Waals surface area contributed by atoms with E-state index in [2.05, 4.69) is 11.7 Å². The molecule has 34 heavy (non-hydrogen) atoms. The van der Waals surface area contributed by atoms with Crippen molar-refractivity contribution in [2.45, 2.75) is 32.5 Å². The normalized spacial score (nSPS) is 14.9. The van der Waals surface area contributed by atoms with E-state index in [0.29, 0.717) is 31.6 Å². The van der Waals surface area contributed by atoms with E-state index in [4.69, 9.17) is 18.9 Å². The van der Waals surface area contributed by atoms with Crippen LogP contribution in [0.3, 0.4) is 0 Å². The van der Waals surface area contributed by atoms with Gasteiger partial charge in [0.1, 0.15) is 11.5 Å². The van der Waals surface area contributed by atoms with Crippen molar-refractivity contribution >= 4 is 5.97 Å². The van der Waals surface area contributed by atoms with Crippen molar-refractivity contribution in [2.24, 2.45) is 5.41 Å². The van der Waals surface area contributed by atoms with Gasteiger partial charge in [0.25, 0.3) is 0 Å². The van der Waals surface area contributed by atoms with Crippen LogP contribution < -0.4 is 14.2 Å². The van der Waals surface area contributed by atoms with Crippen molar-refractivity contribution in [3.05, 3.63) is 53.8 Å². The average Bonchev–Trinajstić information content (AvgIpc) is 2.76. The van der Waals surface area contributed by atoms with Crippen LogP contribution in [-0.2, 0) is 9.47 Å². The molecular formula is C24H26F4O6. The fourth-order valence-electron chi connectivity index (χ4n) is 3.13. The number of hydrogen-bond acceptors (Lipinski definition) is 6. The smallest absolute Gasteiger partial charge is 0.494 e. The largest absolute Gasteiger partial charge is 0.573 e. The summed E-state index contributed by atoms with van der Waals surface area (Å²) in [4.78, 5) is 12.2. The Labute approximate surface area is 194 Å². The maximum Gasteiger partial charge on any atom is 0.573 e. The Balaban J connectivity index is 1.35. The molecule has 0 unspecified atom stereocenters. The molecule has 186 valence electrons. The quantitative estimate of drug-likeness (QED) is 0.170. The van der Waals surface area contributed by atoms with E-state index in [0.717, 1.165) is 44.6 Å². The number of benzene rings is 2. The van der Waals surface area contributed by atoms with Gasteiger partial charge >= 0.3 is 12.3 Å². The minimum atomic E-state index is -5.03. The molecule has 0 N–H and O–H groups in total. The molecule has 6 nitrogen and oxygen atoms in total. The van der Waals surface area contributed by atoms with Gasteiger partial charge in [-0.2, -0.15) is 0 Å². The van der Waals surface area contributed by atoms with Crippen LogP contribution in [0.1, 0.15) is 36.5 Å². The molecule has 0 atom stereocenters. The Kier molecular flexibility index (Phi) is 8.73. The van der Waals surface area contributed by atoms with Crippen LogP contribution in [0.5, 0.6) is 17.2 Å². The lowest BCUT2D eigenvalue weighted by Gasteiger charge is -2.37. The number of carbonyl (C=O) groups excluding carboxylic acids is 1. The third-order valence-electron chi connectivity index (χ3n) is 4.98. The van der Waals surface area contributed by atoms with Crippen LogP contribution in [0.2, 0.25) is 0 Å². The van der Waals surface area contributed by atoms with Crippen LogP contribution in [-0.4, -0.2) is 45.4 Å². The van der Waals surface area contributed by atoms with E-state index in [1.54, 1.807) is 12.1 Å². The molecule has 0 aromatic heterocycles. The molecule has 0 bridgehead atoms. The summed E-state index contributed by atoms with van der Waals surface area (Å²) in [5.41, 5.74) is 0.333. The number of carbonyl (C=O) groups is 1. The van der Waals surface area contributed by atoms with Crippen LogP contribution >= 0.6 is 0 Å². The van der Waals surface area contributed by atoms with Gasteiger partial charge in [-0.1, -0.05) is 6.92 Å². The molecular weight excluding hydrogens is 460 g/mol. The minimum Gasteiger partial charge on any atom is -0.494 e. The summed E-state index contributed by atoms with van der Waals surface area (Å²) in [6.45, 7) is 5.58. The number of rotatable bonds is 12. The summed E-state index contributed by atoms with van der Waals surface area (Å²) in [6, 6.07) is 8.54. The SMILES string of the molecule is CC1(COCCCCCOc2ccc(C(=O)Oc3ccc(OC(F)(F)F)c(F)c3)cc2)COC1. The number of unbranched alkanes of at least 4 members (excludes halogenated alkanes) is 2. The highest BCUT2D eigenvalue weighted by molar-refractivity contribution is 5.91. The van der Waals surface area contributed by atoms with Crippen molar-refractivity contribution in [2.75, 3.05) is 33.0 Å². The Morgan fingerprint density at radius 1 is 1.00 bits per heavy atom. The molecule has 0 spiro atoms. The Morgan fingerprint density at radius 3 is 2.29 bits per heavy atom. The second-order valence-electron chi connectivity index (χ2n) is 8.32. The van der Waals surface area contributed by atoms with Gasteiger partial charge in [-0.3, -0.25) is 0 Å². The standard InChI is InChI=1S/C24H26F4O6/c1-23(15-31-16-23)14-30-11-3-2-4-12-32-18-7-5-17(6-8-18)22(29)33-19-9-10-21(20(25)13-19)34-24(26,27)28/h5-10,13H,2-4,11-12,14-16H2,1H3. The molecule has 1 aliphatic rings. The van der Waals surface area contributed by atoms with E-state index >= 15 is 0 Å². The predicted molar refractivity (Wildman–Crippen MR) is 114 cm³/mol. The molecule has 1 saturated heterocycles. The molecule has 1 heterocycles. The molecule has 1 aliphatic heterocycles. The topological polar surface area (TPSA) is 63.2 Å². The molecule has 0 saturated carbocycles. The van der Waals surface area contributed by atoms with E-state index < -0.39 is 23.9 Å². The van der Waals surface area contributed by atoms with Crippen LogP contribution in [0.15, 0.2) is 42.5 Å². The molecule has 1 fully saturated rings. The first-order chi connectivity index (χ1) is 16.1. The van der Waals surface area contributed by atoms with E-state index in [-0.39, 0.29) is 16.7 Å². The van der Waals surface area contributed by atoms with E-state index in [9.17, 15) is 22.4 Å². The molecule has 3 rings (SSSR count). The summed E-state index contributed by atoms with van der Waals surface area (Å²) < 4.78 is 75.4. The highest BCUT2D eigenvalue weighted by Crippen LogP contribution is 2.29. The van der Waals surface area contributed by atoms with Crippen molar-refractivity contribution in [3.63, 3.8) is 0 Å². The first kappa shape index (κ1) is 25.8. The Hall–Kier alpha value is -2.85. The third-order valence-corrected chi connectivity index (χ3v) is 4.98. The zero-order valence-electron chi connectivity index (χ0n) is 18.7. The summed E-state index contributed by atoms with van der Waals surface area (Å²) >= 11 is 0. The first-order valence-corrected chi connectivity index (χ1v) is 10.8. The van der Waals surface area contributed by atoms with Gasteiger partial charge in [0.15, 0.2) is 11.6 Å². The number of halogens is 4. The van der Waals surface area contributed by atoms with Crippen molar-refractivity contribution in [3.8, 4) is 17.2 Å². The van der Waals surface area contributed by atoms with Gasteiger partial charge in [0.2, 0.25) is 0 Å². The highest BCUT2D eigenvalue weighted by Gasteiger charge is 2.33. The van der Waals surface area contributed by atoms with Crippen LogP contribution in [0.4, 0.5) is 17.6 Å². The lowest BCUT2D eigenvalue weighted by molar-refractivity contribution is -0.275. The maximum absolute atomic E-state index is 13.7. The van der Waals surface area contributed by atoms with Gasteiger partial charge in [0, 0.05) is 18.1 Å². The Morgan fingerprint density at radius 2 is 1.68 bits per heavy atom. The minimum absolute atomic E-state index is 0.161. The van der Waals surface area contributed by atoms with Gasteiger partial charge < -0.3 is 23.7 Å². The first-order valence-electron chi connectivity index (χ1n) is 10.8. The molecule has 0 radical (unpaired) electrons. The van der Waals surface area contributed by atoms with Crippen LogP contribution in [0.25, 0.3) is 0 Å². The monoisotopic (exact) mass is 486 g/mol. The second kappa shape index (κ2) is 11.5. The summed E-state index contributed by atoms with van der Waals surface area (Å²) in [7, 11) is 0.